The molecular formula is C13H21N5O5. The summed E-state index contributed by atoms with van der Waals surface area (Å²) in [6.45, 7) is 3.49. The smallest absolute Gasteiger partial charge is 0.370 e. The lowest BCUT2D eigenvalue weighted by Crippen LogP contribution is -2.58. The molecule has 10 heteroatoms. The monoisotopic (exact) mass is 327 g/mol. The van der Waals surface area contributed by atoms with E-state index in [-0.39, 0.29) is 5.96 Å². The Morgan fingerprint density at radius 2 is 2.04 bits per heavy atom. The molecule has 0 radical (unpaired) electrons. The number of nitrogens with two attached hydrogens (primary N) is 2. The summed E-state index contributed by atoms with van der Waals surface area (Å²) in [4.78, 5) is 38.7. The molecule has 0 saturated carbocycles. The molecule has 3 atom stereocenters. The van der Waals surface area contributed by atoms with Crippen molar-refractivity contribution in [3.8, 4) is 0 Å². The number of carbonyl (C=O) groups excluding carboxylic acids is 2. The number of guanidine groups is 1. The lowest BCUT2D eigenvalue weighted by Gasteiger charge is -2.34. The number of hydrogen-bond donors (Lipinski definition) is 5. The zero-order valence-corrected chi connectivity index (χ0v) is 12.9. The largest absolute Gasteiger partial charge is 0.475 e. The normalized spacial score (nSPS) is 23.0. The van der Waals surface area contributed by atoms with Crippen LogP contribution < -0.4 is 22.1 Å². The van der Waals surface area contributed by atoms with Crippen LogP contribution in [0.2, 0.25) is 0 Å². The van der Waals surface area contributed by atoms with Crippen molar-refractivity contribution in [1.82, 2.24) is 10.6 Å². The topological polar surface area (TPSA) is 169 Å². The van der Waals surface area contributed by atoms with Gasteiger partial charge in [0, 0.05) is 13.5 Å². The van der Waals surface area contributed by atoms with Crippen molar-refractivity contribution in [2.75, 3.05) is 6.54 Å². The first-order valence-electron chi connectivity index (χ1n) is 7.01. The van der Waals surface area contributed by atoms with Crippen molar-refractivity contribution < 1.29 is 24.2 Å². The van der Waals surface area contributed by atoms with Gasteiger partial charge in [0.2, 0.25) is 11.7 Å². The molecule has 0 aromatic carbocycles. The van der Waals surface area contributed by atoms with Gasteiger partial charge in [-0.25, -0.2) is 9.79 Å². The maximum atomic E-state index is 12.2. The van der Waals surface area contributed by atoms with Crippen LogP contribution in [0.1, 0.15) is 20.3 Å². The summed E-state index contributed by atoms with van der Waals surface area (Å²) >= 11 is 0. The van der Waals surface area contributed by atoms with E-state index in [2.05, 4.69) is 15.6 Å². The van der Waals surface area contributed by atoms with E-state index in [9.17, 15) is 14.4 Å². The highest BCUT2D eigenvalue weighted by Crippen LogP contribution is 2.21. The molecule has 1 heterocycles. The van der Waals surface area contributed by atoms with Crippen LogP contribution in [0, 0.1) is 0 Å². The van der Waals surface area contributed by atoms with E-state index in [1.807, 2.05) is 6.92 Å². The Morgan fingerprint density at radius 1 is 1.39 bits per heavy atom. The van der Waals surface area contributed by atoms with E-state index in [0.29, 0.717) is 13.0 Å². The Bertz CT molecular complexity index is 541. The van der Waals surface area contributed by atoms with E-state index in [4.69, 9.17) is 21.3 Å². The molecule has 0 saturated heterocycles. The van der Waals surface area contributed by atoms with Gasteiger partial charge in [0.15, 0.2) is 12.1 Å². The Hall–Kier alpha value is -2.78. The van der Waals surface area contributed by atoms with Gasteiger partial charge in [-0.15, -0.1) is 0 Å². The van der Waals surface area contributed by atoms with Crippen molar-refractivity contribution in [3.05, 3.63) is 11.8 Å². The van der Waals surface area contributed by atoms with Gasteiger partial charge < -0.3 is 31.9 Å². The lowest BCUT2D eigenvalue weighted by molar-refractivity contribution is -0.143. The number of aliphatic imine (C=N–C) groups is 1. The number of carboxylic acids is 1. The van der Waals surface area contributed by atoms with Gasteiger partial charge in [-0.1, -0.05) is 6.92 Å². The molecule has 0 aliphatic carbocycles. The third-order valence-corrected chi connectivity index (χ3v) is 2.96. The van der Waals surface area contributed by atoms with Crippen molar-refractivity contribution in [1.29, 1.82) is 0 Å². The Morgan fingerprint density at radius 3 is 2.52 bits per heavy atom. The highest BCUT2D eigenvalue weighted by Gasteiger charge is 2.41. The third kappa shape index (κ3) is 5.16. The number of carboxylic acid groups (broad SMARTS) is 1. The van der Waals surface area contributed by atoms with Crippen LogP contribution in [0.3, 0.4) is 0 Å². The van der Waals surface area contributed by atoms with Crippen molar-refractivity contribution in [2.24, 2.45) is 16.5 Å². The predicted molar refractivity (Wildman–Crippen MR) is 81.1 cm³/mol. The third-order valence-electron chi connectivity index (χ3n) is 2.96. The molecule has 2 amide bonds. The van der Waals surface area contributed by atoms with Crippen molar-refractivity contribution in [2.45, 2.75) is 38.5 Å². The summed E-state index contributed by atoms with van der Waals surface area (Å²) in [6.07, 6.45) is 0.559. The molecule has 23 heavy (non-hydrogen) atoms. The van der Waals surface area contributed by atoms with Crippen molar-refractivity contribution >= 4 is 23.7 Å². The van der Waals surface area contributed by atoms with Gasteiger partial charge in [0.05, 0.1) is 0 Å². The van der Waals surface area contributed by atoms with Crippen LogP contribution in [0.25, 0.3) is 0 Å². The molecule has 0 unspecified atom stereocenters. The lowest BCUT2D eigenvalue weighted by atomic mass is 9.97. The number of ether oxygens (including phenoxy) is 1. The fourth-order valence-corrected chi connectivity index (χ4v) is 2.06. The first-order valence-corrected chi connectivity index (χ1v) is 7.01. The highest BCUT2D eigenvalue weighted by molar-refractivity contribution is 5.89. The highest BCUT2D eigenvalue weighted by atomic mass is 16.5. The number of nitrogens with zero attached hydrogens (tertiary/aromatic N) is 1. The zero-order chi connectivity index (χ0) is 17.6. The number of nitrogens with one attached hydrogen (secondary N) is 2. The first kappa shape index (κ1) is 18.3. The number of hydrogen-bond acceptors (Lipinski definition) is 5. The standard InChI is InChI=1S/C13H21N5O5/c1-3-4-16-11(20)10-9(17-6(2)19)7(18-13(14)15)5-8(23-10)12(21)22/h5,7,9-10H,3-4H2,1-2H3,(H,16,20)(H,17,19)(H,21,22)(H4,14,15,18)/t7-,9+,10+/m1/s1. The molecule has 128 valence electrons. The van der Waals surface area contributed by atoms with Crippen LogP contribution in [-0.2, 0) is 19.1 Å². The second kappa shape index (κ2) is 8.01. The minimum absolute atomic E-state index is 0.305. The van der Waals surface area contributed by atoms with Gasteiger partial charge in [0.25, 0.3) is 5.91 Å². The van der Waals surface area contributed by atoms with E-state index < -0.39 is 41.7 Å². The maximum Gasteiger partial charge on any atom is 0.370 e. The maximum absolute atomic E-state index is 12.2. The summed E-state index contributed by atoms with van der Waals surface area (Å²) in [5.74, 6) is -3.13. The second-order valence-electron chi connectivity index (χ2n) is 4.94. The van der Waals surface area contributed by atoms with E-state index >= 15 is 0 Å². The number of rotatable bonds is 6. The van der Waals surface area contributed by atoms with Gasteiger partial charge in [-0.3, -0.25) is 9.59 Å². The van der Waals surface area contributed by atoms with Crippen LogP contribution in [0.5, 0.6) is 0 Å². The molecule has 1 aliphatic heterocycles. The molecular weight excluding hydrogens is 306 g/mol. The predicted octanol–water partition coefficient (Wildman–Crippen LogP) is -1.97. The number of aliphatic carboxylic acids is 1. The first-order chi connectivity index (χ1) is 10.8. The summed E-state index contributed by atoms with van der Waals surface area (Å²) in [5, 5.41) is 14.2. The van der Waals surface area contributed by atoms with Crippen molar-refractivity contribution in [3.63, 3.8) is 0 Å². The Kier molecular flexibility index (Phi) is 6.36. The zero-order valence-electron chi connectivity index (χ0n) is 12.9. The van der Waals surface area contributed by atoms with Crippen LogP contribution >= 0.6 is 0 Å². The molecule has 1 aliphatic rings. The molecule has 0 spiro atoms. The summed E-state index contributed by atoms with van der Waals surface area (Å²) in [7, 11) is 0. The van der Waals surface area contributed by atoms with Crippen LogP contribution in [0.15, 0.2) is 16.8 Å². The molecule has 1 rings (SSSR count). The average molecular weight is 327 g/mol. The number of carbonyl (C=O) groups is 3. The Balaban J connectivity index is 3.20. The number of amides is 2. The summed E-state index contributed by atoms with van der Waals surface area (Å²) in [6, 6.07) is -1.88. The quantitative estimate of drug-likeness (QED) is 0.278. The second-order valence-corrected chi connectivity index (χ2v) is 4.94. The van der Waals surface area contributed by atoms with Crippen LogP contribution in [0.4, 0.5) is 0 Å². The van der Waals surface area contributed by atoms with Gasteiger partial charge in [-0.05, 0) is 12.5 Å². The molecule has 10 nitrogen and oxygen atoms in total. The van der Waals surface area contributed by atoms with E-state index in [1.54, 1.807) is 0 Å². The molecule has 0 aromatic rings. The van der Waals surface area contributed by atoms with E-state index in [0.717, 1.165) is 6.08 Å². The minimum Gasteiger partial charge on any atom is -0.475 e. The fraction of sp³-hybridized carbons (Fsp3) is 0.538. The van der Waals surface area contributed by atoms with Gasteiger partial charge >= 0.3 is 5.97 Å². The average Bonchev–Trinajstić information content (AvgIpc) is 2.44. The summed E-state index contributed by atoms with van der Waals surface area (Å²) in [5.41, 5.74) is 10.7. The Labute approximate surface area is 132 Å². The molecule has 0 fully saturated rings. The van der Waals surface area contributed by atoms with Gasteiger partial charge in [0.1, 0.15) is 12.1 Å². The van der Waals surface area contributed by atoms with Gasteiger partial charge in [-0.2, -0.15) is 0 Å². The molecule has 0 aromatic heterocycles. The SMILES string of the molecule is CCCNC(=O)[C@H]1OC(C(=O)O)=C[C@@H](N=C(N)N)[C@@H]1NC(C)=O. The fourth-order valence-electron chi connectivity index (χ4n) is 2.06. The molecule has 7 N–H and O–H groups in total. The summed E-state index contributed by atoms with van der Waals surface area (Å²) < 4.78 is 5.22. The minimum atomic E-state index is -1.37. The van der Waals surface area contributed by atoms with Crippen LogP contribution in [-0.4, -0.2) is 53.6 Å². The van der Waals surface area contributed by atoms with E-state index in [1.165, 1.54) is 6.92 Å². The molecule has 0 bridgehead atoms.